The van der Waals surface area contributed by atoms with E-state index in [0.29, 0.717) is 24.8 Å². The van der Waals surface area contributed by atoms with E-state index in [1.165, 1.54) is 81.5 Å². The number of rotatable bonds is 20. The summed E-state index contributed by atoms with van der Waals surface area (Å²) in [4.78, 5) is 12.8. The summed E-state index contributed by atoms with van der Waals surface area (Å²) in [5, 5.41) is 0. The second kappa shape index (κ2) is 16.5. The van der Waals surface area contributed by atoms with Gasteiger partial charge in [-0.3, -0.25) is 9.28 Å². The maximum Gasteiger partial charge on any atom is 0.310 e. The molecule has 0 radical (unpaired) electrons. The molecule has 1 aromatic heterocycles. The quantitative estimate of drug-likeness (QED) is 0.0965. The van der Waals surface area contributed by atoms with Crippen molar-refractivity contribution in [1.29, 1.82) is 0 Å². The summed E-state index contributed by atoms with van der Waals surface area (Å²) in [5.41, 5.74) is 2.08. The maximum atomic E-state index is 12.8. The van der Waals surface area contributed by atoms with Gasteiger partial charge in [0.2, 0.25) is 6.23 Å². The predicted octanol–water partition coefficient (Wildman–Crippen LogP) is 7.93. The van der Waals surface area contributed by atoms with E-state index in [-0.39, 0.29) is 12.2 Å². The van der Waals surface area contributed by atoms with Gasteiger partial charge in [-0.25, -0.2) is 0 Å². The van der Waals surface area contributed by atoms with Crippen LogP contribution in [-0.4, -0.2) is 52.2 Å². The monoisotopic (exact) mass is 534 g/mol. The third kappa shape index (κ3) is 10.3. The highest BCUT2D eigenvalue weighted by Gasteiger charge is 2.48. The van der Waals surface area contributed by atoms with Crippen LogP contribution >= 0.6 is 11.7 Å². The van der Waals surface area contributed by atoms with Gasteiger partial charge in [-0.15, -0.1) is 4.37 Å². The molecule has 0 spiro atoms. The molecule has 37 heavy (non-hydrogen) atoms. The number of aromatic nitrogens is 2. The Labute approximate surface area is 230 Å². The lowest BCUT2D eigenvalue weighted by atomic mass is 10.0. The molecule has 1 aliphatic heterocycles. The molecule has 0 saturated heterocycles. The van der Waals surface area contributed by atoms with Gasteiger partial charge in [0.15, 0.2) is 0 Å². The Kier molecular flexibility index (Phi) is 13.4. The van der Waals surface area contributed by atoms with Crippen molar-refractivity contribution in [3.05, 3.63) is 11.8 Å². The van der Waals surface area contributed by atoms with Gasteiger partial charge in [0.1, 0.15) is 12.2 Å². The van der Waals surface area contributed by atoms with E-state index in [1.807, 2.05) is 0 Å². The number of carbonyl (C=O) groups excluding carboxylic acids is 1. The van der Waals surface area contributed by atoms with Gasteiger partial charge >= 0.3 is 5.97 Å². The molecule has 1 aliphatic carbocycles. The minimum Gasteiger partial charge on any atom is -0.475 e. The predicted molar refractivity (Wildman–Crippen MR) is 153 cm³/mol. The molecule has 7 heteroatoms. The van der Waals surface area contributed by atoms with E-state index in [1.54, 1.807) is 0 Å². The molecular weight excluding hydrogens is 482 g/mol. The van der Waals surface area contributed by atoms with Gasteiger partial charge in [0.25, 0.3) is 5.88 Å². The first-order chi connectivity index (χ1) is 18.1. The van der Waals surface area contributed by atoms with Crippen LogP contribution in [0.3, 0.4) is 0 Å². The average Bonchev–Trinajstić information content (AvgIpc) is 3.62. The summed E-state index contributed by atoms with van der Waals surface area (Å²) in [6.45, 7) is 6.97. The first-order valence-electron chi connectivity index (χ1n) is 15.3. The zero-order chi connectivity index (χ0) is 26.3. The van der Waals surface area contributed by atoms with Crippen LogP contribution in [-0.2, 0) is 9.53 Å². The number of quaternary nitrogens is 1. The minimum absolute atomic E-state index is 0.0123. The summed E-state index contributed by atoms with van der Waals surface area (Å²) in [7, 11) is 2.26. The fraction of sp³-hybridized carbons (Fsp3) is 0.833. The number of likely N-dealkylation sites (N-methyl/N-ethyl adjacent to an activating group) is 1. The molecule has 6 nitrogen and oxygen atoms in total. The molecule has 0 aromatic carbocycles. The molecule has 210 valence electrons. The van der Waals surface area contributed by atoms with Crippen molar-refractivity contribution in [3.8, 4) is 5.88 Å². The van der Waals surface area contributed by atoms with E-state index in [4.69, 9.17) is 9.47 Å². The summed E-state index contributed by atoms with van der Waals surface area (Å²) in [6, 6.07) is 0. The first-order valence-corrected chi connectivity index (χ1v) is 16.0. The van der Waals surface area contributed by atoms with Crippen molar-refractivity contribution in [2.75, 3.05) is 26.7 Å². The van der Waals surface area contributed by atoms with Gasteiger partial charge in [0.05, 0.1) is 31.9 Å². The Morgan fingerprint density at radius 1 is 0.973 bits per heavy atom. The van der Waals surface area contributed by atoms with Crippen molar-refractivity contribution < 1.29 is 18.8 Å². The Hall–Kier alpha value is -1.47. The number of unbranched alkanes of at least 4 members (excludes halogenated alkanes) is 11. The van der Waals surface area contributed by atoms with Crippen LogP contribution < -0.4 is 4.74 Å². The zero-order valence-corrected chi connectivity index (χ0v) is 24.7. The highest BCUT2D eigenvalue weighted by Crippen LogP contribution is 2.41. The largest absolute Gasteiger partial charge is 0.475 e. The Balaban J connectivity index is 1.46. The average molecular weight is 535 g/mol. The van der Waals surface area contributed by atoms with Crippen LogP contribution in [0.15, 0.2) is 6.08 Å². The van der Waals surface area contributed by atoms with Crippen LogP contribution in [0.4, 0.5) is 0 Å². The second-order valence-corrected chi connectivity index (χ2v) is 12.0. The van der Waals surface area contributed by atoms with Gasteiger partial charge < -0.3 is 9.47 Å². The molecule has 1 fully saturated rings. The standard InChI is InChI=1S/C30H52N3O3S/c1-4-6-8-10-11-12-13-14-15-19-27(34)36-30(25-20-21-25)33(3)22-17-18-26(24-33)28-29(32-37-31-28)35-23-16-9-7-5-2/h18,25,30H,4-17,19-24H2,1-3H3/q+1. The molecule has 2 heterocycles. The van der Waals surface area contributed by atoms with Crippen LogP contribution in [0.5, 0.6) is 5.88 Å². The van der Waals surface area contributed by atoms with Crippen LogP contribution in [0.25, 0.3) is 5.57 Å². The third-order valence-corrected chi connectivity index (χ3v) is 8.45. The molecule has 2 atom stereocenters. The smallest absolute Gasteiger partial charge is 0.310 e. The van der Waals surface area contributed by atoms with E-state index in [9.17, 15) is 4.79 Å². The number of nitrogens with zero attached hydrogens (tertiary/aromatic N) is 3. The second-order valence-electron chi connectivity index (χ2n) is 11.5. The SMILES string of the molecule is CCCCCCCCCCCC(=O)OC(C1CC1)[N+]1(C)CCC=C(c2nsnc2OCCCCCC)C1. The molecule has 2 unspecified atom stereocenters. The van der Waals surface area contributed by atoms with E-state index >= 15 is 0 Å². The zero-order valence-electron chi connectivity index (χ0n) is 23.8. The summed E-state index contributed by atoms with van der Waals surface area (Å²) >= 11 is 1.23. The highest BCUT2D eigenvalue weighted by molar-refractivity contribution is 6.99. The third-order valence-electron chi connectivity index (χ3n) is 7.94. The molecule has 0 bridgehead atoms. The van der Waals surface area contributed by atoms with Gasteiger partial charge in [-0.2, -0.15) is 4.37 Å². The number of carbonyl (C=O) groups is 1. The highest BCUT2D eigenvalue weighted by atomic mass is 32.1. The van der Waals surface area contributed by atoms with E-state index < -0.39 is 0 Å². The lowest BCUT2D eigenvalue weighted by molar-refractivity contribution is -0.949. The molecular formula is C30H52N3O3S+. The fourth-order valence-corrected chi connectivity index (χ4v) is 6.04. The molecule has 0 amide bonds. The molecule has 1 aromatic rings. The van der Waals surface area contributed by atoms with Gasteiger partial charge in [-0.1, -0.05) is 90.6 Å². The Bertz CT molecular complexity index is 823. The summed E-state index contributed by atoms with van der Waals surface area (Å²) in [6.07, 6.45) is 22.1. The Morgan fingerprint density at radius 2 is 1.62 bits per heavy atom. The van der Waals surface area contributed by atoms with E-state index in [2.05, 4.69) is 35.7 Å². The van der Waals surface area contributed by atoms with Crippen molar-refractivity contribution in [3.63, 3.8) is 0 Å². The maximum absolute atomic E-state index is 12.8. The normalized spacial score (nSPS) is 20.5. The number of hydrogen-bond acceptors (Lipinski definition) is 6. The van der Waals surface area contributed by atoms with Crippen LogP contribution in [0.1, 0.15) is 129 Å². The lowest BCUT2D eigenvalue weighted by Crippen LogP contribution is -2.57. The van der Waals surface area contributed by atoms with Crippen molar-refractivity contribution in [2.24, 2.45) is 5.92 Å². The topological polar surface area (TPSA) is 61.3 Å². The van der Waals surface area contributed by atoms with Crippen molar-refractivity contribution in [1.82, 2.24) is 8.75 Å². The number of ether oxygens (including phenoxy) is 2. The lowest BCUT2D eigenvalue weighted by Gasteiger charge is -2.43. The molecule has 3 rings (SSSR count). The van der Waals surface area contributed by atoms with Gasteiger partial charge in [-0.05, 0) is 25.7 Å². The Morgan fingerprint density at radius 3 is 2.30 bits per heavy atom. The fourth-order valence-electron chi connectivity index (χ4n) is 5.51. The van der Waals surface area contributed by atoms with Crippen LogP contribution in [0, 0.1) is 5.92 Å². The summed E-state index contributed by atoms with van der Waals surface area (Å²) in [5.74, 6) is 1.15. The number of esters is 1. The van der Waals surface area contributed by atoms with E-state index in [0.717, 1.165) is 61.8 Å². The first kappa shape index (κ1) is 30.1. The summed E-state index contributed by atoms with van der Waals surface area (Å²) < 4.78 is 22.1. The molecule has 2 aliphatic rings. The molecule has 0 N–H and O–H groups in total. The molecule has 1 saturated carbocycles. The number of hydrogen-bond donors (Lipinski definition) is 0. The van der Waals surface area contributed by atoms with Crippen LogP contribution in [0.2, 0.25) is 0 Å². The minimum atomic E-state index is -0.0558. The van der Waals surface area contributed by atoms with Gasteiger partial charge in [0, 0.05) is 24.3 Å². The van der Waals surface area contributed by atoms with Crippen molar-refractivity contribution >= 4 is 23.3 Å². The van der Waals surface area contributed by atoms with Crippen molar-refractivity contribution in [2.45, 2.75) is 129 Å².